The van der Waals surface area contributed by atoms with Crippen molar-refractivity contribution < 1.29 is 18.7 Å². The monoisotopic (exact) mass is 334 g/mol. The van der Waals surface area contributed by atoms with Gasteiger partial charge in [0.25, 0.3) is 0 Å². The highest BCUT2D eigenvalue weighted by molar-refractivity contribution is 5.71. The number of carbonyl (C=O) groups is 1. The number of hydrogen-bond donors (Lipinski definition) is 0. The molecule has 130 valence electrons. The van der Waals surface area contributed by atoms with Crippen molar-refractivity contribution >= 4 is 5.97 Å². The molecule has 0 saturated heterocycles. The van der Waals surface area contributed by atoms with E-state index in [1.165, 1.54) is 6.39 Å². The molecule has 2 aromatic rings. The van der Waals surface area contributed by atoms with Gasteiger partial charge in [-0.05, 0) is 33.6 Å². The molecule has 0 aromatic carbocycles. The Hall–Kier alpha value is -2.22. The summed E-state index contributed by atoms with van der Waals surface area (Å²) in [6, 6.07) is 0. The van der Waals surface area contributed by atoms with Crippen LogP contribution in [0.1, 0.15) is 45.2 Å². The van der Waals surface area contributed by atoms with Gasteiger partial charge in [0, 0.05) is 13.0 Å². The highest BCUT2D eigenvalue weighted by Gasteiger charge is 2.22. The van der Waals surface area contributed by atoms with Crippen LogP contribution in [0.3, 0.4) is 0 Å². The average molecular weight is 334 g/mol. The number of esters is 1. The maximum absolute atomic E-state index is 11.7. The molecule has 2 aromatic heterocycles. The fourth-order valence-electron chi connectivity index (χ4n) is 2.64. The first kappa shape index (κ1) is 16.6. The van der Waals surface area contributed by atoms with Gasteiger partial charge in [0.1, 0.15) is 24.6 Å². The van der Waals surface area contributed by atoms with E-state index < -0.39 is 11.6 Å². The molecule has 0 bridgehead atoms. The standard InChI is InChI=1S/C16H22N4O4/c1-16(2,3)24-13(21)9-22-8-11-14(17-10-23-11)15-19-18-12-6-4-5-7-20(12)15/h10H,4-9H2,1-3H3. The molecule has 0 atom stereocenters. The number of aryl methyl sites for hydroxylation is 1. The first-order valence-corrected chi connectivity index (χ1v) is 8.08. The Morgan fingerprint density at radius 2 is 2.17 bits per heavy atom. The molecule has 1 aliphatic rings. The van der Waals surface area contributed by atoms with E-state index in [1.807, 2.05) is 20.8 Å². The summed E-state index contributed by atoms with van der Waals surface area (Å²) in [6.07, 6.45) is 4.50. The highest BCUT2D eigenvalue weighted by atomic mass is 16.6. The molecule has 0 unspecified atom stereocenters. The van der Waals surface area contributed by atoms with Crippen LogP contribution in [-0.4, -0.2) is 37.9 Å². The Labute approximate surface area is 140 Å². The summed E-state index contributed by atoms with van der Waals surface area (Å²) in [5, 5.41) is 8.45. The predicted octanol–water partition coefficient (Wildman–Crippen LogP) is 2.13. The van der Waals surface area contributed by atoms with Gasteiger partial charge >= 0.3 is 5.97 Å². The highest BCUT2D eigenvalue weighted by Crippen LogP contribution is 2.25. The van der Waals surface area contributed by atoms with Gasteiger partial charge in [-0.15, -0.1) is 10.2 Å². The Kier molecular flexibility index (Phi) is 4.66. The Morgan fingerprint density at radius 1 is 1.33 bits per heavy atom. The van der Waals surface area contributed by atoms with E-state index in [1.54, 1.807) is 0 Å². The molecule has 0 radical (unpaired) electrons. The third-order valence-electron chi connectivity index (χ3n) is 3.59. The minimum Gasteiger partial charge on any atom is -0.458 e. The number of hydrogen-bond acceptors (Lipinski definition) is 7. The summed E-state index contributed by atoms with van der Waals surface area (Å²) in [4.78, 5) is 15.9. The van der Waals surface area contributed by atoms with Crippen LogP contribution in [0.5, 0.6) is 0 Å². The van der Waals surface area contributed by atoms with Crippen molar-refractivity contribution in [1.29, 1.82) is 0 Å². The number of oxazole rings is 1. The van der Waals surface area contributed by atoms with Crippen LogP contribution >= 0.6 is 0 Å². The van der Waals surface area contributed by atoms with Gasteiger partial charge in [-0.25, -0.2) is 9.78 Å². The molecular formula is C16H22N4O4. The van der Waals surface area contributed by atoms with Crippen LogP contribution in [0.25, 0.3) is 11.5 Å². The van der Waals surface area contributed by atoms with Gasteiger partial charge in [-0.1, -0.05) is 0 Å². The number of fused-ring (bicyclic) bond motifs is 1. The second-order valence-corrected chi connectivity index (χ2v) is 6.75. The minimum atomic E-state index is -0.529. The molecule has 0 saturated carbocycles. The van der Waals surface area contributed by atoms with E-state index in [4.69, 9.17) is 13.9 Å². The SMILES string of the molecule is CC(C)(C)OC(=O)COCc1ocnc1-c1nnc2n1CCCC2. The van der Waals surface area contributed by atoms with Crippen molar-refractivity contribution in [3.05, 3.63) is 18.0 Å². The van der Waals surface area contributed by atoms with Crippen molar-refractivity contribution in [3.8, 4) is 11.5 Å². The first-order valence-electron chi connectivity index (χ1n) is 8.08. The summed E-state index contributed by atoms with van der Waals surface area (Å²) in [7, 11) is 0. The first-order chi connectivity index (χ1) is 11.4. The van der Waals surface area contributed by atoms with Crippen molar-refractivity contribution in [2.24, 2.45) is 0 Å². The van der Waals surface area contributed by atoms with Crippen molar-refractivity contribution in [1.82, 2.24) is 19.7 Å². The average Bonchev–Trinajstić information content (AvgIpc) is 3.11. The summed E-state index contributed by atoms with van der Waals surface area (Å²) in [5.74, 6) is 1.77. The lowest BCUT2D eigenvalue weighted by Gasteiger charge is -2.19. The Morgan fingerprint density at radius 3 is 2.96 bits per heavy atom. The van der Waals surface area contributed by atoms with Gasteiger partial charge in [0.15, 0.2) is 23.7 Å². The normalized spacial score (nSPS) is 14.5. The van der Waals surface area contributed by atoms with Crippen molar-refractivity contribution in [2.45, 2.75) is 58.8 Å². The molecule has 0 N–H and O–H groups in total. The Bertz CT molecular complexity index is 714. The molecule has 0 amide bonds. The second kappa shape index (κ2) is 6.72. The molecule has 1 aliphatic heterocycles. The third-order valence-corrected chi connectivity index (χ3v) is 3.59. The molecular weight excluding hydrogens is 312 g/mol. The van der Waals surface area contributed by atoms with Crippen LogP contribution in [-0.2, 0) is 33.8 Å². The lowest BCUT2D eigenvalue weighted by atomic mass is 10.1. The van der Waals surface area contributed by atoms with Gasteiger partial charge < -0.3 is 18.5 Å². The largest absolute Gasteiger partial charge is 0.458 e. The van der Waals surface area contributed by atoms with Crippen LogP contribution in [0, 0.1) is 0 Å². The fourth-order valence-corrected chi connectivity index (χ4v) is 2.64. The fraction of sp³-hybridized carbons (Fsp3) is 0.625. The molecule has 0 spiro atoms. The zero-order chi connectivity index (χ0) is 17.2. The maximum Gasteiger partial charge on any atom is 0.332 e. The zero-order valence-electron chi connectivity index (χ0n) is 14.2. The van der Waals surface area contributed by atoms with Gasteiger partial charge in [0.2, 0.25) is 0 Å². The molecule has 8 nitrogen and oxygen atoms in total. The van der Waals surface area contributed by atoms with Gasteiger partial charge in [-0.3, -0.25) is 0 Å². The number of rotatable bonds is 5. The lowest BCUT2D eigenvalue weighted by Crippen LogP contribution is -2.26. The van der Waals surface area contributed by atoms with Crippen LogP contribution in [0.2, 0.25) is 0 Å². The van der Waals surface area contributed by atoms with Crippen LogP contribution < -0.4 is 0 Å². The summed E-state index contributed by atoms with van der Waals surface area (Å²) in [6.45, 7) is 6.30. The second-order valence-electron chi connectivity index (χ2n) is 6.75. The smallest absolute Gasteiger partial charge is 0.332 e. The Balaban J connectivity index is 1.64. The quantitative estimate of drug-likeness (QED) is 0.773. The zero-order valence-corrected chi connectivity index (χ0v) is 14.2. The predicted molar refractivity (Wildman–Crippen MR) is 84.0 cm³/mol. The summed E-state index contributed by atoms with van der Waals surface area (Å²) in [5.41, 5.74) is 0.0816. The van der Waals surface area contributed by atoms with E-state index in [0.29, 0.717) is 17.3 Å². The van der Waals surface area contributed by atoms with E-state index in [0.717, 1.165) is 31.6 Å². The number of aromatic nitrogens is 4. The third kappa shape index (κ3) is 3.81. The van der Waals surface area contributed by atoms with E-state index >= 15 is 0 Å². The number of ether oxygens (including phenoxy) is 2. The van der Waals surface area contributed by atoms with Crippen molar-refractivity contribution in [3.63, 3.8) is 0 Å². The molecule has 8 heteroatoms. The van der Waals surface area contributed by atoms with E-state index in [-0.39, 0.29) is 13.2 Å². The summed E-state index contributed by atoms with van der Waals surface area (Å²) < 4.78 is 18.1. The summed E-state index contributed by atoms with van der Waals surface area (Å²) >= 11 is 0. The van der Waals surface area contributed by atoms with Crippen LogP contribution in [0.15, 0.2) is 10.8 Å². The van der Waals surface area contributed by atoms with Gasteiger partial charge in [-0.2, -0.15) is 0 Å². The molecule has 0 fully saturated rings. The number of carbonyl (C=O) groups excluding carboxylic acids is 1. The minimum absolute atomic E-state index is 0.122. The molecule has 3 rings (SSSR count). The molecule has 24 heavy (non-hydrogen) atoms. The number of nitrogens with zero attached hydrogens (tertiary/aromatic N) is 4. The van der Waals surface area contributed by atoms with Crippen molar-refractivity contribution in [2.75, 3.05) is 6.61 Å². The lowest BCUT2D eigenvalue weighted by molar-refractivity contribution is -0.160. The van der Waals surface area contributed by atoms with Gasteiger partial charge in [0.05, 0.1) is 0 Å². The molecule has 0 aliphatic carbocycles. The van der Waals surface area contributed by atoms with E-state index in [9.17, 15) is 4.79 Å². The van der Waals surface area contributed by atoms with Crippen LogP contribution in [0.4, 0.5) is 0 Å². The topological polar surface area (TPSA) is 92.3 Å². The van der Waals surface area contributed by atoms with E-state index in [2.05, 4.69) is 19.7 Å². The maximum atomic E-state index is 11.7. The molecule has 3 heterocycles.